The summed E-state index contributed by atoms with van der Waals surface area (Å²) in [6, 6.07) is 8.83. The molecule has 2 unspecified atom stereocenters. The molecule has 18 heavy (non-hydrogen) atoms. The number of morpholine rings is 1. The average molecular weight is 248 g/mol. The van der Waals surface area contributed by atoms with E-state index in [9.17, 15) is 0 Å². The van der Waals surface area contributed by atoms with Gasteiger partial charge in [0, 0.05) is 24.8 Å². The number of nitrogens with two attached hydrogens (primary N) is 1. The van der Waals surface area contributed by atoms with Crippen molar-refractivity contribution in [2.75, 3.05) is 24.6 Å². The van der Waals surface area contributed by atoms with E-state index < -0.39 is 0 Å². The van der Waals surface area contributed by atoms with Crippen molar-refractivity contribution >= 4 is 5.69 Å². The predicted octanol–water partition coefficient (Wildman–Crippen LogP) is 2.71. The Kier molecular flexibility index (Phi) is 4.61. The molecule has 1 aromatic carbocycles. The summed E-state index contributed by atoms with van der Waals surface area (Å²) in [4.78, 5) is 2.40. The summed E-state index contributed by atoms with van der Waals surface area (Å²) in [5.74, 6) is 0. The van der Waals surface area contributed by atoms with E-state index in [2.05, 4.69) is 43.0 Å². The van der Waals surface area contributed by atoms with Gasteiger partial charge in [-0.25, -0.2) is 0 Å². The molecule has 3 heteroatoms. The molecule has 2 N–H and O–H groups in total. The van der Waals surface area contributed by atoms with Crippen LogP contribution in [0.25, 0.3) is 0 Å². The first kappa shape index (κ1) is 13.4. The van der Waals surface area contributed by atoms with Crippen LogP contribution in [0.15, 0.2) is 24.3 Å². The first-order valence-electron chi connectivity index (χ1n) is 6.96. The van der Waals surface area contributed by atoms with Crippen LogP contribution >= 0.6 is 0 Å². The quantitative estimate of drug-likeness (QED) is 0.890. The number of anilines is 1. The number of hydrogen-bond acceptors (Lipinski definition) is 3. The predicted molar refractivity (Wildman–Crippen MR) is 75.9 cm³/mol. The smallest absolute Gasteiger partial charge is 0.0748 e. The maximum atomic E-state index is 6.03. The molecule has 0 amide bonds. The van der Waals surface area contributed by atoms with Gasteiger partial charge in [-0.05, 0) is 30.5 Å². The van der Waals surface area contributed by atoms with Crippen LogP contribution in [0.2, 0.25) is 0 Å². The summed E-state index contributed by atoms with van der Waals surface area (Å²) >= 11 is 0. The Labute approximate surface area is 110 Å². The van der Waals surface area contributed by atoms with Gasteiger partial charge in [0.2, 0.25) is 0 Å². The SMILES string of the molecule is CCC1CN(c2ccc(C(N)CC)cc2)CCO1. The van der Waals surface area contributed by atoms with Gasteiger partial charge in [-0.15, -0.1) is 0 Å². The van der Waals surface area contributed by atoms with Gasteiger partial charge < -0.3 is 15.4 Å². The van der Waals surface area contributed by atoms with E-state index in [-0.39, 0.29) is 6.04 Å². The molecule has 0 aromatic heterocycles. The highest BCUT2D eigenvalue weighted by atomic mass is 16.5. The van der Waals surface area contributed by atoms with Crippen LogP contribution in [0.3, 0.4) is 0 Å². The molecular formula is C15H24N2O. The van der Waals surface area contributed by atoms with Crippen LogP contribution in [0, 0.1) is 0 Å². The van der Waals surface area contributed by atoms with Crippen molar-refractivity contribution in [3.8, 4) is 0 Å². The second kappa shape index (κ2) is 6.21. The first-order chi connectivity index (χ1) is 8.74. The standard InChI is InChI=1S/C15H24N2O/c1-3-14-11-17(9-10-18-14)13-7-5-12(6-8-13)15(16)4-2/h5-8,14-15H,3-4,9-11,16H2,1-2H3. The third kappa shape index (κ3) is 3.03. The zero-order valence-corrected chi connectivity index (χ0v) is 11.4. The largest absolute Gasteiger partial charge is 0.375 e. The fourth-order valence-corrected chi connectivity index (χ4v) is 2.37. The minimum absolute atomic E-state index is 0.159. The third-order valence-corrected chi connectivity index (χ3v) is 3.72. The van der Waals surface area contributed by atoms with Gasteiger partial charge >= 0.3 is 0 Å². The van der Waals surface area contributed by atoms with Crippen LogP contribution in [-0.4, -0.2) is 25.8 Å². The summed E-state index contributed by atoms with van der Waals surface area (Å²) in [7, 11) is 0. The van der Waals surface area contributed by atoms with Gasteiger partial charge in [-0.1, -0.05) is 26.0 Å². The van der Waals surface area contributed by atoms with Crippen LogP contribution < -0.4 is 10.6 Å². The number of rotatable bonds is 4. The van der Waals surface area contributed by atoms with E-state index in [0.29, 0.717) is 6.10 Å². The van der Waals surface area contributed by atoms with Gasteiger partial charge in [0.1, 0.15) is 0 Å². The van der Waals surface area contributed by atoms with Crippen LogP contribution in [-0.2, 0) is 4.74 Å². The molecule has 1 fully saturated rings. The highest BCUT2D eigenvalue weighted by Crippen LogP contribution is 2.22. The normalized spacial score (nSPS) is 21.9. The first-order valence-corrected chi connectivity index (χ1v) is 6.96. The lowest BCUT2D eigenvalue weighted by molar-refractivity contribution is 0.0384. The molecule has 1 aromatic rings. The second-order valence-electron chi connectivity index (χ2n) is 4.95. The molecule has 0 saturated carbocycles. The highest BCUT2D eigenvalue weighted by Gasteiger charge is 2.19. The minimum Gasteiger partial charge on any atom is -0.375 e. The maximum Gasteiger partial charge on any atom is 0.0748 e. The summed E-state index contributed by atoms with van der Waals surface area (Å²) in [6.45, 7) is 7.10. The van der Waals surface area contributed by atoms with Crippen LogP contribution in [0.1, 0.15) is 38.3 Å². The van der Waals surface area contributed by atoms with Gasteiger partial charge in [0.25, 0.3) is 0 Å². The number of benzene rings is 1. The lowest BCUT2D eigenvalue weighted by atomic mass is 10.0. The van der Waals surface area contributed by atoms with Gasteiger partial charge in [0.15, 0.2) is 0 Å². The Morgan fingerprint density at radius 2 is 2.06 bits per heavy atom. The molecule has 1 saturated heterocycles. The van der Waals surface area contributed by atoms with E-state index >= 15 is 0 Å². The fraction of sp³-hybridized carbons (Fsp3) is 0.600. The highest BCUT2D eigenvalue weighted by molar-refractivity contribution is 5.48. The Bertz CT molecular complexity index is 363. The van der Waals surface area contributed by atoms with E-state index in [1.807, 2.05) is 0 Å². The Balaban J connectivity index is 2.04. The average Bonchev–Trinajstić information content (AvgIpc) is 2.46. The Morgan fingerprint density at radius 1 is 1.33 bits per heavy atom. The Morgan fingerprint density at radius 3 is 2.67 bits per heavy atom. The van der Waals surface area contributed by atoms with Crippen LogP contribution in [0.5, 0.6) is 0 Å². The molecular weight excluding hydrogens is 224 g/mol. The summed E-state index contributed by atoms with van der Waals surface area (Å²) in [5.41, 5.74) is 8.54. The topological polar surface area (TPSA) is 38.5 Å². The zero-order valence-electron chi connectivity index (χ0n) is 11.4. The number of ether oxygens (including phenoxy) is 1. The zero-order chi connectivity index (χ0) is 13.0. The van der Waals surface area contributed by atoms with Crippen molar-refractivity contribution in [1.29, 1.82) is 0 Å². The minimum atomic E-state index is 0.159. The summed E-state index contributed by atoms with van der Waals surface area (Å²) in [6.07, 6.45) is 2.43. The lowest BCUT2D eigenvalue weighted by Gasteiger charge is -2.34. The molecule has 3 nitrogen and oxygen atoms in total. The van der Waals surface area contributed by atoms with Crippen molar-refractivity contribution < 1.29 is 4.74 Å². The van der Waals surface area contributed by atoms with E-state index in [0.717, 1.165) is 32.5 Å². The Hall–Kier alpha value is -1.06. The lowest BCUT2D eigenvalue weighted by Crippen LogP contribution is -2.42. The van der Waals surface area contributed by atoms with E-state index in [1.54, 1.807) is 0 Å². The van der Waals surface area contributed by atoms with Crippen molar-refractivity contribution in [1.82, 2.24) is 0 Å². The molecule has 0 aliphatic carbocycles. The molecule has 1 heterocycles. The molecule has 0 bridgehead atoms. The number of nitrogens with zero attached hydrogens (tertiary/aromatic N) is 1. The van der Waals surface area contributed by atoms with Gasteiger partial charge in [-0.2, -0.15) is 0 Å². The van der Waals surface area contributed by atoms with E-state index in [1.165, 1.54) is 11.3 Å². The van der Waals surface area contributed by atoms with E-state index in [4.69, 9.17) is 10.5 Å². The molecule has 0 radical (unpaired) electrons. The summed E-state index contributed by atoms with van der Waals surface area (Å²) in [5, 5.41) is 0. The fourth-order valence-electron chi connectivity index (χ4n) is 2.37. The molecule has 1 aliphatic rings. The van der Waals surface area contributed by atoms with Crippen molar-refractivity contribution in [3.63, 3.8) is 0 Å². The molecule has 100 valence electrons. The molecule has 1 aliphatic heterocycles. The summed E-state index contributed by atoms with van der Waals surface area (Å²) < 4.78 is 5.70. The monoisotopic (exact) mass is 248 g/mol. The second-order valence-corrected chi connectivity index (χ2v) is 4.95. The molecule has 2 atom stereocenters. The molecule has 2 rings (SSSR count). The molecule has 0 spiro atoms. The van der Waals surface area contributed by atoms with Gasteiger partial charge in [-0.3, -0.25) is 0 Å². The van der Waals surface area contributed by atoms with Crippen LogP contribution in [0.4, 0.5) is 5.69 Å². The van der Waals surface area contributed by atoms with Crippen molar-refractivity contribution in [2.45, 2.75) is 38.8 Å². The maximum absolute atomic E-state index is 6.03. The third-order valence-electron chi connectivity index (χ3n) is 3.72. The van der Waals surface area contributed by atoms with Crippen molar-refractivity contribution in [2.24, 2.45) is 5.73 Å². The van der Waals surface area contributed by atoms with Gasteiger partial charge in [0.05, 0.1) is 12.7 Å². The van der Waals surface area contributed by atoms with Crippen molar-refractivity contribution in [3.05, 3.63) is 29.8 Å². The number of hydrogen-bond donors (Lipinski definition) is 1.